The zero-order valence-electron chi connectivity index (χ0n) is 12.2. The van der Waals surface area contributed by atoms with Crippen molar-refractivity contribution in [2.45, 2.75) is 56.9 Å². The Morgan fingerprint density at radius 2 is 1.77 bits per heavy atom. The monoisotopic (exact) mass is 320 g/mol. The number of hydrogen-bond acceptors (Lipinski definition) is 4. The number of halogens is 3. The summed E-state index contributed by atoms with van der Waals surface area (Å²) in [5.74, 6) is -3.10. The predicted molar refractivity (Wildman–Crippen MR) is 72.8 cm³/mol. The lowest BCUT2D eigenvalue weighted by Gasteiger charge is -2.43. The van der Waals surface area contributed by atoms with E-state index in [1.165, 1.54) is 0 Å². The Morgan fingerprint density at radius 3 is 2.36 bits per heavy atom. The number of carbonyl (C=O) groups is 2. The molecule has 0 saturated heterocycles. The number of hydrogen-bond donors (Lipinski definition) is 2. The van der Waals surface area contributed by atoms with Crippen molar-refractivity contribution in [2.75, 3.05) is 0 Å². The number of alkyl halides is 3. The van der Waals surface area contributed by atoms with E-state index in [-0.39, 0.29) is 17.7 Å². The van der Waals surface area contributed by atoms with E-state index >= 15 is 0 Å². The molecule has 4 unspecified atom stereocenters. The molecule has 2 N–H and O–H groups in total. The van der Waals surface area contributed by atoms with E-state index in [1.54, 1.807) is 0 Å². The molecule has 2 rings (SSSR count). The first-order chi connectivity index (χ1) is 10.2. The molecule has 2 fully saturated rings. The highest BCUT2D eigenvalue weighted by atomic mass is 19.4. The van der Waals surface area contributed by atoms with E-state index in [2.05, 4.69) is 0 Å². The zero-order valence-corrected chi connectivity index (χ0v) is 12.2. The second kappa shape index (κ2) is 6.70. The molecule has 0 aromatic carbocycles. The molecule has 2 aliphatic rings. The third-order valence-electron chi connectivity index (χ3n) is 5.19. The van der Waals surface area contributed by atoms with Crippen molar-refractivity contribution in [3.8, 4) is 0 Å². The Hall–Kier alpha value is -0.885. The van der Waals surface area contributed by atoms with Gasteiger partial charge in [-0.2, -0.15) is 13.2 Å². The summed E-state index contributed by atoms with van der Waals surface area (Å²) in [6.07, 6.45) is -2.14. The van der Waals surface area contributed by atoms with E-state index < -0.39 is 37.2 Å². The van der Waals surface area contributed by atoms with Crippen LogP contribution in [0, 0.1) is 17.8 Å². The Kier molecular flexibility index (Phi) is 5.32. The minimum atomic E-state index is -4.95. The molecule has 0 heterocycles. The largest absolute Gasteiger partial charge is 0.455 e. The molecule has 0 spiro atoms. The minimum Gasteiger partial charge on any atom is -0.427 e. The van der Waals surface area contributed by atoms with Crippen LogP contribution < -0.4 is 0 Å². The molecule has 0 aromatic heterocycles. The fourth-order valence-electron chi connectivity index (χ4n) is 4.08. The average Bonchev–Trinajstić information content (AvgIpc) is 2.44. The Bertz CT molecular complexity index is 438. The SMILES string of the molecule is O=C(CC(=O)C(F)(F)F)C1CCC2C(CCCC2B(O)O)C1. The number of carbonyl (C=O) groups excluding carboxylic acids is 2. The second-order valence-corrected chi connectivity index (χ2v) is 6.51. The fraction of sp³-hybridized carbons (Fsp3) is 0.857. The lowest BCUT2D eigenvalue weighted by atomic mass is 9.52. The van der Waals surface area contributed by atoms with Crippen LogP contribution in [0.25, 0.3) is 0 Å². The second-order valence-electron chi connectivity index (χ2n) is 6.51. The molecule has 22 heavy (non-hydrogen) atoms. The number of ketones is 2. The van der Waals surface area contributed by atoms with Gasteiger partial charge in [-0.05, 0) is 36.9 Å². The van der Waals surface area contributed by atoms with E-state index in [0.717, 1.165) is 19.3 Å². The lowest BCUT2D eigenvalue weighted by Crippen LogP contribution is -2.40. The van der Waals surface area contributed by atoms with Crippen molar-refractivity contribution in [1.29, 1.82) is 0 Å². The van der Waals surface area contributed by atoms with Gasteiger partial charge in [0.05, 0.1) is 6.42 Å². The summed E-state index contributed by atoms with van der Waals surface area (Å²) < 4.78 is 36.7. The predicted octanol–water partition coefficient (Wildman–Crippen LogP) is 2.14. The topological polar surface area (TPSA) is 74.6 Å². The van der Waals surface area contributed by atoms with Gasteiger partial charge in [0.2, 0.25) is 5.78 Å². The molecular formula is C14H20BF3O4. The molecule has 4 nitrogen and oxygen atoms in total. The van der Waals surface area contributed by atoms with Gasteiger partial charge < -0.3 is 10.0 Å². The van der Waals surface area contributed by atoms with Crippen LogP contribution in [0.15, 0.2) is 0 Å². The maximum atomic E-state index is 12.2. The summed E-state index contributed by atoms with van der Waals surface area (Å²) in [5.41, 5.74) is 0. The van der Waals surface area contributed by atoms with Gasteiger partial charge in [-0.1, -0.05) is 19.3 Å². The molecule has 2 saturated carbocycles. The van der Waals surface area contributed by atoms with Crippen molar-refractivity contribution in [3.63, 3.8) is 0 Å². The quantitative estimate of drug-likeness (QED) is 0.615. The first-order valence-electron chi connectivity index (χ1n) is 7.69. The van der Waals surface area contributed by atoms with Crippen molar-refractivity contribution < 1.29 is 32.8 Å². The molecular weight excluding hydrogens is 300 g/mol. The third-order valence-corrected chi connectivity index (χ3v) is 5.19. The summed E-state index contributed by atoms with van der Waals surface area (Å²) in [7, 11) is -1.38. The Labute approximate surface area is 127 Å². The highest BCUT2D eigenvalue weighted by molar-refractivity contribution is 6.43. The van der Waals surface area contributed by atoms with Crippen molar-refractivity contribution >= 4 is 18.7 Å². The summed E-state index contributed by atoms with van der Waals surface area (Å²) in [5, 5.41) is 18.8. The molecule has 2 aliphatic carbocycles. The van der Waals surface area contributed by atoms with Crippen LogP contribution in [0.2, 0.25) is 5.82 Å². The number of fused-ring (bicyclic) bond motifs is 1. The highest BCUT2D eigenvalue weighted by Crippen LogP contribution is 2.49. The van der Waals surface area contributed by atoms with E-state index in [4.69, 9.17) is 0 Å². The number of rotatable bonds is 4. The standard InChI is InChI=1S/C14H20BF3O4/c16-14(17,18)13(20)7-12(19)9-4-5-10-8(6-9)2-1-3-11(10)15(21)22/h8-11,21-22H,1-7H2. The van der Waals surface area contributed by atoms with Crippen LogP contribution in [0.4, 0.5) is 13.2 Å². The summed E-state index contributed by atoms with van der Waals surface area (Å²) in [4.78, 5) is 22.9. The van der Waals surface area contributed by atoms with Crippen molar-refractivity contribution in [1.82, 2.24) is 0 Å². The lowest BCUT2D eigenvalue weighted by molar-refractivity contribution is -0.172. The first kappa shape index (κ1) is 17.5. The highest BCUT2D eigenvalue weighted by Gasteiger charge is 2.45. The van der Waals surface area contributed by atoms with Gasteiger partial charge >= 0.3 is 13.3 Å². The third kappa shape index (κ3) is 3.90. The Balaban J connectivity index is 1.94. The molecule has 0 amide bonds. The Morgan fingerprint density at radius 1 is 1.09 bits per heavy atom. The summed E-state index contributed by atoms with van der Waals surface area (Å²) >= 11 is 0. The van der Waals surface area contributed by atoms with Gasteiger partial charge in [-0.15, -0.1) is 0 Å². The van der Waals surface area contributed by atoms with Crippen LogP contribution in [-0.4, -0.2) is 34.9 Å². The molecule has 8 heteroatoms. The van der Waals surface area contributed by atoms with E-state index in [0.29, 0.717) is 19.3 Å². The van der Waals surface area contributed by atoms with E-state index in [9.17, 15) is 32.8 Å². The van der Waals surface area contributed by atoms with Crippen LogP contribution in [0.5, 0.6) is 0 Å². The molecule has 0 aliphatic heterocycles. The van der Waals surface area contributed by atoms with Gasteiger partial charge in [0, 0.05) is 5.92 Å². The van der Waals surface area contributed by atoms with Crippen LogP contribution >= 0.6 is 0 Å². The minimum absolute atomic E-state index is 0.108. The average molecular weight is 320 g/mol. The van der Waals surface area contributed by atoms with Crippen LogP contribution in [0.3, 0.4) is 0 Å². The van der Waals surface area contributed by atoms with Crippen molar-refractivity contribution in [3.05, 3.63) is 0 Å². The van der Waals surface area contributed by atoms with Gasteiger partial charge in [-0.3, -0.25) is 9.59 Å². The summed E-state index contributed by atoms with van der Waals surface area (Å²) in [6.45, 7) is 0. The molecule has 0 radical (unpaired) electrons. The fourth-order valence-corrected chi connectivity index (χ4v) is 4.08. The molecule has 4 atom stereocenters. The maximum Gasteiger partial charge on any atom is 0.455 e. The number of Topliss-reactive ketones (excluding diaryl/α,β-unsaturated/α-hetero) is 2. The smallest absolute Gasteiger partial charge is 0.427 e. The van der Waals surface area contributed by atoms with Gasteiger partial charge in [0.15, 0.2) is 0 Å². The molecule has 0 aromatic rings. The first-order valence-corrected chi connectivity index (χ1v) is 7.69. The van der Waals surface area contributed by atoms with Gasteiger partial charge in [-0.25, -0.2) is 0 Å². The molecule has 124 valence electrons. The maximum absolute atomic E-state index is 12.2. The van der Waals surface area contributed by atoms with Crippen LogP contribution in [-0.2, 0) is 9.59 Å². The summed E-state index contributed by atoms with van der Waals surface area (Å²) in [6, 6.07) is 0. The van der Waals surface area contributed by atoms with Gasteiger partial charge in [0.1, 0.15) is 5.78 Å². The normalized spacial score (nSPS) is 32.2. The van der Waals surface area contributed by atoms with Crippen molar-refractivity contribution in [2.24, 2.45) is 17.8 Å². The van der Waals surface area contributed by atoms with E-state index in [1.807, 2.05) is 0 Å². The van der Waals surface area contributed by atoms with Crippen LogP contribution in [0.1, 0.15) is 44.9 Å². The zero-order chi connectivity index (χ0) is 16.5. The van der Waals surface area contributed by atoms with Gasteiger partial charge in [0.25, 0.3) is 0 Å². The molecule has 0 bridgehead atoms.